The van der Waals surface area contributed by atoms with Gasteiger partial charge in [0.25, 0.3) is 5.91 Å². The Balaban J connectivity index is 2.00. The first kappa shape index (κ1) is 12.3. The maximum absolute atomic E-state index is 11.7. The van der Waals surface area contributed by atoms with Crippen LogP contribution in [0.3, 0.4) is 0 Å². The fraction of sp³-hybridized carbons (Fsp3) is 0.308. The molecule has 2 aromatic rings. The lowest BCUT2D eigenvalue weighted by atomic mass is 10.3. The third kappa shape index (κ3) is 3.16. The summed E-state index contributed by atoms with van der Waals surface area (Å²) in [6.45, 7) is 3.26. The molecule has 0 aliphatic heterocycles. The van der Waals surface area contributed by atoms with Crippen molar-refractivity contribution in [1.82, 2.24) is 20.1 Å². The van der Waals surface area contributed by atoms with Gasteiger partial charge in [0.15, 0.2) is 0 Å². The van der Waals surface area contributed by atoms with Gasteiger partial charge in [0.05, 0.1) is 12.2 Å². The first-order valence-electron chi connectivity index (χ1n) is 6.01. The van der Waals surface area contributed by atoms with Gasteiger partial charge in [-0.15, -0.1) is 0 Å². The fourth-order valence-corrected chi connectivity index (χ4v) is 1.56. The Morgan fingerprint density at radius 2 is 2.28 bits per heavy atom. The molecule has 2 aromatic heterocycles. The third-order valence-electron chi connectivity index (χ3n) is 2.46. The molecule has 0 aliphatic carbocycles. The van der Waals surface area contributed by atoms with Gasteiger partial charge in [-0.25, -0.2) is 0 Å². The van der Waals surface area contributed by atoms with E-state index in [-0.39, 0.29) is 5.91 Å². The highest BCUT2D eigenvalue weighted by molar-refractivity contribution is 5.92. The van der Waals surface area contributed by atoms with Crippen molar-refractivity contribution in [3.05, 3.63) is 48.0 Å². The van der Waals surface area contributed by atoms with Gasteiger partial charge in [-0.1, -0.05) is 13.0 Å². The Bertz CT molecular complexity index is 507. The highest BCUT2D eigenvalue weighted by Crippen LogP contribution is 2.00. The molecule has 0 saturated heterocycles. The third-order valence-corrected chi connectivity index (χ3v) is 2.46. The zero-order valence-electron chi connectivity index (χ0n) is 10.3. The van der Waals surface area contributed by atoms with Crippen molar-refractivity contribution in [2.75, 3.05) is 6.54 Å². The van der Waals surface area contributed by atoms with Gasteiger partial charge in [-0.3, -0.25) is 14.5 Å². The normalized spacial score (nSPS) is 10.3. The van der Waals surface area contributed by atoms with E-state index in [1.54, 1.807) is 23.1 Å². The standard InChI is InChI=1S/C13H16N4O/c1-2-7-15-13(18)12-6-9-17(16-12)10-11-5-3-4-8-14-11/h3-6,8-9H,2,7,10H2,1H3,(H,15,18). The molecule has 5 heteroatoms. The molecule has 2 rings (SSSR count). The lowest BCUT2D eigenvalue weighted by Crippen LogP contribution is -2.24. The van der Waals surface area contributed by atoms with Gasteiger partial charge in [0.1, 0.15) is 5.69 Å². The number of rotatable bonds is 5. The SMILES string of the molecule is CCCNC(=O)c1ccn(Cc2ccccn2)n1. The van der Waals surface area contributed by atoms with Crippen LogP contribution in [-0.2, 0) is 6.54 Å². The van der Waals surface area contributed by atoms with Crippen LogP contribution in [0.1, 0.15) is 29.5 Å². The highest BCUT2D eigenvalue weighted by atomic mass is 16.1. The minimum atomic E-state index is -0.128. The van der Waals surface area contributed by atoms with E-state index in [1.807, 2.05) is 25.1 Å². The zero-order valence-corrected chi connectivity index (χ0v) is 10.3. The maximum Gasteiger partial charge on any atom is 0.271 e. The fourth-order valence-electron chi connectivity index (χ4n) is 1.56. The summed E-state index contributed by atoms with van der Waals surface area (Å²) in [7, 11) is 0. The number of amides is 1. The van der Waals surface area contributed by atoms with E-state index in [1.165, 1.54) is 0 Å². The van der Waals surface area contributed by atoms with Crippen LogP contribution >= 0.6 is 0 Å². The van der Waals surface area contributed by atoms with Crippen LogP contribution in [-0.4, -0.2) is 27.2 Å². The van der Waals surface area contributed by atoms with Gasteiger partial charge in [-0.2, -0.15) is 5.10 Å². The number of hydrogen-bond donors (Lipinski definition) is 1. The molecular formula is C13H16N4O. The molecule has 94 valence electrons. The van der Waals surface area contributed by atoms with E-state index in [4.69, 9.17) is 0 Å². The average molecular weight is 244 g/mol. The molecular weight excluding hydrogens is 228 g/mol. The van der Waals surface area contributed by atoms with Crippen molar-refractivity contribution in [2.45, 2.75) is 19.9 Å². The van der Waals surface area contributed by atoms with Crippen LogP contribution in [0.25, 0.3) is 0 Å². The second-order valence-electron chi connectivity index (χ2n) is 3.98. The smallest absolute Gasteiger partial charge is 0.271 e. The van der Waals surface area contributed by atoms with Crippen LogP contribution in [0.2, 0.25) is 0 Å². The molecule has 0 saturated carbocycles. The van der Waals surface area contributed by atoms with Crippen LogP contribution in [0.15, 0.2) is 36.7 Å². The van der Waals surface area contributed by atoms with Gasteiger partial charge >= 0.3 is 0 Å². The summed E-state index contributed by atoms with van der Waals surface area (Å²) in [6.07, 6.45) is 4.45. The van der Waals surface area contributed by atoms with Crippen molar-refractivity contribution in [2.24, 2.45) is 0 Å². The minimum Gasteiger partial charge on any atom is -0.351 e. The summed E-state index contributed by atoms with van der Waals surface area (Å²) in [5, 5.41) is 7.02. The molecule has 0 fully saturated rings. The molecule has 1 amide bonds. The number of nitrogens with zero attached hydrogens (tertiary/aromatic N) is 3. The highest BCUT2D eigenvalue weighted by Gasteiger charge is 2.08. The Morgan fingerprint density at radius 3 is 3.00 bits per heavy atom. The topological polar surface area (TPSA) is 59.8 Å². The number of carbonyl (C=O) groups is 1. The number of nitrogens with one attached hydrogen (secondary N) is 1. The number of hydrogen-bond acceptors (Lipinski definition) is 3. The maximum atomic E-state index is 11.7. The summed E-state index contributed by atoms with van der Waals surface area (Å²) in [5.41, 5.74) is 1.36. The predicted molar refractivity (Wildman–Crippen MR) is 68.2 cm³/mol. The van der Waals surface area contributed by atoms with Crippen molar-refractivity contribution in [3.8, 4) is 0 Å². The molecule has 0 aliphatic rings. The summed E-state index contributed by atoms with van der Waals surface area (Å²) in [6, 6.07) is 7.45. The largest absolute Gasteiger partial charge is 0.351 e. The zero-order chi connectivity index (χ0) is 12.8. The first-order valence-corrected chi connectivity index (χ1v) is 6.01. The van der Waals surface area contributed by atoms with Gasteiger partial charge in [0.2, 0.25) is 0 Å². The van der Waals surface area contributed by atoms with E-state index >= 15 is 0 Å². The van der Waals surface area contributed by atoms with E-state index in [0.29, 0.717) is 18.8 Å². The molecule has 0 unspecified atom stereocenters. The second-order valence-corrected chi connectivity index (χ2v) is 3.98. The summed E-state index contributed by atoms with van der Waals surface area (Å²) in [4.78, 5) is 15.9. The molecule has 5 nitrogen and oxygen atoms in total. The minimum absolute atomic E-state index is 0.128. The van der Waals surface area contributed by atoms with E-state index in [0.717, 1.165) is 12.1 Å². The van der Waals surface area contributed by atoms with Gasteiger partial charge in [-0.05, 0) is 24.6 Å². The monoisotopic (exact) mass is 244 g/mol. The van der Waals surface area contributed by atoms with Crippen molar-refractivity contribution < 1.29 is 4.79 Å². The van der Waals surface area contributed by atoms with Gasteiger partial charge < -0.3 is 5.32 Å². The Labute approximate surface area is 106 Å². The lowest BCUT2D eigenvalue weighted by molar-refractivity contribution is 0.0948. The molecule has 0 spiro atoms. The number of aromatic nitrogens is 3. The lowest BCUT2D eigenvalue weighted by Gasteiger charge is -2.01. The van der Waals surface area contributed by atoms with Crippen LogP contribution in [0.5, 0.6) is 0 Å². The first-order chi connectivity index (χ1) is 8.79. The number of carbonyl (C=O) groups excluding carboxylic acids is 1. The van der Waals surface area contributed by atoms with Crippen LogP contribution < -0.4 is 5.32 Å². The second kappa shape index (κ2) is 5.95. The molecule has 0 bridgehead atoms. The Morgan fingerprint density at radius 1 is 1.39 bits per heavy atom. The van der Waals surface area contributed by atoms with Crippen molar-refractivity contribution in [3.63, 3.8) is 0 Å². The summed E-state index contributed by atoms with van der Waals surface area (Å²) < 4.78 is 1.71. The number of pyridine rings is 1. The van der Waals surface area contributed by atoms with Crippen LogP contribution in [0, 0.1) is 0 Å². The molecule has 0 radical (unpaired) electrons. The van der Waals surface area contributed by atoms with E-state index < -0.39 is 0 Å². The Hall–Kier alpha value is -2.17. The molecule has 1 N–H and O–H groups in total. The van der Waals surface area contributed by atoms with E-state index in [9.17, 15) is 4.79 Å². The summed E-state index contributed by atoms with van der Waals surface area (Å²) >= 11 is 0. The summed E-state index contributed by atoms with van der Waals surface area (Å²) in [5.74, 6) is -0.128. The van der Waals surface area contributed by atoms with Crippen molar-refractivity contribution in [1.29, 1.82) is 0 Å². The quantitative estimate of drug-likeness (QED) is 0.866. The molecule has 0 atom stereocenters. The Kier molecular flexibility index (Phi) is 4.06. The molecule has 2 heterocycles. The van der Waals surface area contributed by atoms with E-state index in [2.05, 4.69) is 15.4 Å². The van der Waals surface area contributed by atoms with Crippen LogP contribution in [0.4, 0.5) is 0 Å². The predicted octanol–water partition coefficient (Wildman–Crippen LogP) is 1.47. The van der Waals surface area contributed by atoms with Crippen molar-refractivity contribution >= 4 is 5.91 Å². The molecule has 0 aromatic carbocycles. The average Bonchev–Trinajstić information content (AvgIpc) is 2.86. The van der Waals surface area contributed by atoms with Gasteiger partial charge in [0, 0.05) is 18.9 Å². The molecule has 18 heavy (non-hydrogen) atoms.